The number of esters is 1. The topological polar surface area (TPSA) is 70.1 Å². The molecule has 1 saturated heterocycles. The molecule has 0 radical (unpaired) electrons. The van der Waals surface area contributed by atoms with Crippen LogP contribution in [-0.4, -0.2) is 65.6 Å². The van der Waals surface area contributed by atoms with Crippen LogP contribution in [0.25, 0.3) is 0 Å². The standard InChI is InChI=1S/C28H34N2O4/c1-4-14-30-15-13-28(22-11-8-12-24(32)16-22)18-23(17-26(25(28)19-30)34-20(2)31)29(3)27(33)21-9-6-5-7-10-21/h4-12,16,23,25-26,32H,1,13-15,17-19H2,2-3H3/t23-,25?,26?,28?/m1/s1. The van der Waals surface area contributed by atoms with Gasteiger partial charge in [0, 0.05) is 56.4 Å². The van der Waals surface area contributed by atoms with Crippen LogP contribution in [-0.2, 0) is 14.9 Å². The van der Waals surface area contributed by atoms with Crippen LogP contribution >= 0.6 is 0 Å². The molecule has 6 heteroatoms. The summed E-state index contributed by atoms with van der Waals surface area (Å²) in [5.74, 6) is -0.0866. The maximum Gasteiger partial charge on any atom is 0.302 e. The Bertz CT molecular complexity index is 1040. The Balaban J connectivity index is 1.74. The van der Waals surface area contributed by atoms with E-state index in [1.54, 1.807) is 6.07 Å². The fraction of sp³-hybridized carbons (Fsp3) is 0.429. The van der Waals surface area contributed by atoms with Crippen molar-refractivity contribution in [2.45, 2.75) is 43.7 Å². The van der Waals surface area contributed by atoms with Crippen LogP contribution in [0, 0.1) is 5.92 Å². The fourth-order valence-electron chi connectivity index (χ4n) is 5.98. The number of nitrogens with zero attached hydrogens (tertiary/aromatic N) is 2. The van der Waals surface area contributed by atoms with Crippen LogP contribution in [0.3, 0.4) is 0 Å². The lowest BCUT2D eigenvalue weighted by molar-refractivity contribution is -0.158. The highest BCUT2D eigenvalue weighted by molar-refractivity contribution is 5.94. The molecule has 1 aliphatic heterocycles. The van der Waals surface area contributed by atoms with Crippen LogP contribution in [0.2, 0.25) is 0 Å². The monoisotopic (exact) mass is 462 g/mol. The number of carbonyl (C=O) groups excluding carboxylic acids is 2. The molecule has 4 atom stereocenters. The molecule has 2 aromatic rings. The van der Waals surface area contributed by atoms with Gasteiger partial charge in [-0.1, -0.05) is 36.4 Å². The summed E-state index contributed by atoms with van der Waals surface area (Å²) >= 11 is 0. The van der Waals surface area contributed by atoms with Gasteiger partial charge in [0.05, 0.1) is 0 Å². The van der Waals surface area contributed by atoms with E-state index in [-0.39, 0.29) is 41.1 Å². The van der Waals surface area contributed by atoms with Crippen molar-refractivity contribution < 1.29 is 19.4 Å². The number of rotatable bonds is 6. The van der Waals surface area contributed by atoms with Crippen molar-refractivity contribution in [2.75, 3.05) is 26.7 Å². The van der Waals surface area contributed by atoms with E-state index in [0.717, 1.165) is 38.0 Å². The predicted octanol–water partition coefficient (Wildman–Crippen LogP) is 4.00. The van der Waals surface area contributed by atoms with E-state index in [1.807, 2.05) is 60.5 Å². The first-order valence-corrected chi connectivity index (χ1v) is 12.0. The van der Waals surface area contributed by atoms with Gasteiger partial charge in [0.25, 0.3) is 5.91 Å². The summed E-state index contributed by atoms with van der Waals surface area (Å²) in [6.45, 7) is 7.75. The van der Waals surface area contributed by atoms with Crippen molar-refractivity contribution in [1.82, 2.24) is 9.80 Å². The van der Waals surface area contributed by atoms with Crippen LogP contribution in [0.4, 0.5) is 0 Å². The second-order valence-corrected chi connectivity index (χ2v) is 9.63. The lowest BCUT2D eigenvalue weighted by Crippen LogP contribution is -2.61. The van der Waals surface area contributed by atoms with Gasteiger partial charge >= 0.3 is 5.97 Å². The van der Waals surface area contributed by atoms with E-state index in [1.165, 1.54) is 6.92 Å². The predicted molar refractivity (Wildman–Crippen MR) is 132 cm³/mol. The number of phenols is 1. The van der Waals surface area contributed by atoms with E-state index in [9.17, 15) is 14.7 Å². The highest BCUT2D eigenvalue weighted by Gasteiger charge is 2.54. The normalized spacial score (nSPS) is 26.8. The van der Waals surface area contributed by atoms with Gasteiger partial charge in [0.15, 0.2) is 0 Å². The number of phenolic OH excluding ortho intramolecular Hbond substituents is 1. The van der Waals surface area contributed by atoms with Crippen molar-refractivity contribution in [2.24, 2.45) is 5.92 Å². The highest BCUT2D eigenvalue weighted by Crippen LogP contribution is 2.51. The van der Waals surface area contributed by atoms with Crippen molar-refractivity contribution in [3.8, 4) is 5.75 Å². The smallest absolute Gasteiger partial charge is 0.302 e. The number of amides is 1. The van der Waals surface area contributed by atoms with Crippen LogP contribution in [0.1, 0.15) is 42.1 Å². The summed E-state index contributed by atoms with van der Waals surface area (Å²) in [7, 11) is 1.84. The molecule has 4 rings (SSSR count). The quantitative estimate of drug-likeness (QED) is 0.519. The summed E-state index contributed by atoms with van der Waals surface area (Å²) in [5, 5.41) is 10.3. The highest BCUT2D eigenvalue weighted by atomic mass is 16.5. The Morgan fingerprint density at radius 3 is 2.68 bits per heavy atom. The number of likely N-dealkylation sites (tertiary alicyclic amines) is 1. The van der Waals surface area contributed by atoms with E-state index in [4.69, 9.17) is 4.74 Å². The van der Waals surface area contributed by atoms with E-state index >= 15 is 0 Å². The van der Waals surface area contributed by atoms with Crippen LogP contribution in [0.15, 0.2) is 67.3 Å². The zero-order valence-electron chi connectivity index (χ0n) is 20.0. The molecule has 2 aromatic carbocycles. The van der Waals surface area contributed by atoms with Gasteiger partial charge in [-0.25, -0.2) is 0 Å². The lowest BCUT2D eigenvalue weighted by atomic mass is 9.56. The maximum atomic E-state index is 13.3. The lowest BCUT2D eigenvalue weighted by Gasteiger charge is -2.56. The summed E-state index contributed by atoms with van der Waals surface area (Å²) in [5.41, 5.74) is 1.35. The SMILES string of the molecule is C=CCN1CCC2(c3cccc(O)c3)C[C@H](N(C)C(=O)c3ccccc3)CC(OC(C)=O)C2C1. The average Bonchev–Trinajstić information content (AvgIpc) is 2.83. The van der Waals surface area contributed by atoms with Crippen molar-refractivity contribution >= 4 is 11.9 Å². The Hall–Kier alpha value is -3.12. The Morgan fingerprint density at radius 2 is 2.00 bits per heavy atom. The number of piperidine rings is 1. The molecule has 180 valence electrons. The summed E-state index contributed by atoms with van der Waals surface area (Å²) in [6.07, 6.45) is 3.74. The molecule has 34 heavy (non-hydrogen) atoms. The number of ether oxygens (including phenoxy) is 1. The molecular formula is C28H34N2O4. The molecule has 2 aliphatic rings. The largest absolute Gasteiger partial charge is 0.508 e. The summed E-state index contributed by atoms with van der Waals surface area (Å²) < 4.78 is 5.94. The number of hydrogen-bond acceptors (Lipinski definition) is 5. The van der Waals surface area contributed by atoms with Gasteiger partial charge in [-0.3, -0.25) is 14.5 Å². The molecule has 6 nitrogen and oxygen atoms in total. The zero-order valence-corrected chi connectivity index (χ0v) is 20.0. The maximum absolute atomic E-state index is 13.3. The molecule has 1 N–H and O–H groups in total. The van der Waals surface area contributed by atoms with Gasteiger partial charge in [-0.05, 0) is 49.2 Å². The summed E-state index contributed by atoms with van der Waals surface area (Å²) in [4.78, 5) is 29.6. The molecule has 1 saturated carbocycles. The molecular weight excluding hydrogens is 428 g/mol. The van der Waals surface area contributed by atoms with Gasteiger partial charge < -0.3 is 14.7 Å². The minimum atomic E-state index is -0.336. The minimum Gasteiger partial charge on any atom is -0.508 e. The average molecular weight is 463 g/mol. The number of fused-ring (bicyclic) bond motifs is 1. The summed E-state index contributed by atoms with van der Waals surface area (Å²) in [6, 6.07) is 16.6. The number of hydrogen-bond donors (Lipinski definition) is 1. The molecule has 2 fully saturated rings. The third-order valence-electron chi connectivity index (χ3n) is 7.61. The first-order chi connectivity index (χ1) is 16.3. The van der Waals surface area contributed by atoms with Crippen molar-refractivity contribution in [1.29, 1.82) is 0 Å². The van der Waals surface area contributed by atoms with Gasteiger partial charge in [-0.15, -0.1) is 6.58 Å². The van der Waals surface area contributed by atoms with E-state index < -0.39 is 0 Å². The van der Waals surface area contributed by atoms with Gasteiger partial charge in [-0.2, -0.15) is 0 Å². The molecule has 3 unspecified atom stereocenters. The number of benzene rings is 2. The third kappa shape index (κ3) is 4.73. The van der Waals surface area contributed by atoms with Crippen molar-refractivity contribution in [3.05, 3.63) is 78.4 Å². The second-order valence-electron chi connectivity index (χ2n) is 9.63. The van der Waals surface area contributed by atoms with E-state index in [2.05, 4.69) is 17.5 Å². The third-order valence-corrected chi connectivity index (χ3v) is 7.61. The molecule has 1 amide bonds. The molecule has 0 aromatic heterocycles. The second kappa shape index (κ2) is 10.0. The molecule has 0 bridgehead atoms. The first-order valence-electron chi connectivity index (χ1n) is 12.0. The molecule has 0 spiro atoms. The first kappa shape index (κ1) is 24.0. The fourth-order valence-corrected chi connectivity index (χ4v) is 5.98. The number of aromatic hydroxyl groups is 1. The van der Waals surface area contributed by atoms with Crippen molar-refractivity contribution in [3.63, 3.8) is 0 Å². The Kier molecular flexibility index (Phi) is 7.08. The minimum absolute atomic E-state index is 0.0409. The molecule has 1 heterocycles. The number of carbonyl (C=O) groups is 2. The zero-order chi connectivity index (χ0) is 24.3. The molecule has 1 aliphatic carbocycles. The Labute approximate surface area is 201 Å². The van der Waals surface area contributed by atoms with Crippen LogP contribution < -0.4 is 0 Å². The van der Waals surface area contributed by atoms with Gasteiger partial charge in [0.1, 0.15) is 11.9 Å². The van der Waals surface area contributed by atoms with E-state index in [0.29, 0.717) is 12.0 Å². The van der Waals surface area contributed by atoms with Gasteiger partial charge in [0.2, 0.25) is 0 Å². The van der Waals surface area contributed by atoms with Crippen LogP contribution in [0.5, 0.6) is 5.75 Å². The Morgan fingerprint density at radius 1 is 1.24 bits per heavy atom.